The van der Waals surface area contributed by atoms with Gasteiger partial charge < -0.3 is 4.98 Å². The average molecular weight is 293 g/mol. The van der Waals surface area contributed by atoms with Crippen LogP contribution in [0.2, 0.25) is 0 Å². The molecule has 0 unspecified atom stereocenters. The van der Waals surface area contributed by atoms with Crippen LogP contribution >= 0.6 is 0 Å². The predicted molar refractivity (Wildman–Crippen MR) is 97.6 cm³/mol. The largest absolute Gasteiger partial charge is 0.355 e. The number of unbranched alkanes of at least 4 members (excludes halogenated alkanes) is 2. The number of H-pyrrole nitrogens is 1. The molecule has 0 amide bonds. The number of hydrogen-bond acceptors (Lipinski definition) is 0. The molecule has 1 heteroatoms. The van der Waals surface area contributed by atoms with E-state index >= 15 is 0 Å². The molecule has 1 N–H and O–H groups in total. The molecule has 0 aromatic carbocycles. The summed E-state index contributed by atoms with van der Waals surface area (Å²) in [7, 11) is 0. The van der Waals surface area contributed by atoms with Crippen molar-refractivity contribution in [1.29, 1.82) is 0 Å². The number of rotatable bonds is 5. The zero-order valence-electron chi connectivity index (χ0n) is 13.9. The van der Waals surface area contributed by atoms with Crippen LogP contribution in [0.15, 0.2) is 29.9 Å². The summed E-state index contributed by atoms with van der Waals surface area (Å²) in [6, 6.07) is 0. The topological polar surface area (TPSA) is 15.8 Å². The second-order valence-electron chi connectivity index (χ2n) is 6.55. The number of allylic oxidation sites excluding steroid dienone is 5. The maximum atomic E-state index is 3.58. The number of fused-ring (bicyclic) bond motifs is 3. The van der Waals surface area contributed by atoms with E-state index in [1.54, 1.807) is 0 Å². The Morgan fingerprint density at radius 2 is 1.95 bits per heavy atom. The van der Waals surface area contributed by atoms with Crippen LogP contribution in [0.4, 0.5) is 0 Å². The minimum absolute atomic E-state index is 0.631. The van der Waals surface area contributed by atoms with Crippen molar-refractivity contribution in [2.75, 3.05) is 0 Å². The highest BCUT2D eigenvalue weighted by atomic mass is 14.7. The van der Waals surface area contributed by atoms with Crippen LogP contribution in [-0.2, 0) is 6.42 Å². The molecule has 116 valence electrons. The van der Waals surface area contributed by atoms with E-state index < -0.39 is 0 Å². The van der Waals surface area contributed by atoms with E-state index in [2.05, 4.69) is 61.4 Å². The second kappa shape index (κ2) is 7.00. The van der Waals surface area contributed by atoms with Crippen molar-refractivity contribution >= 4 is 18.2 Å². The lowest BCUT2D eigenvalue weighted by molar-refractivity contribution is 0.563. The third-order valence-electron chi connectivity index (χ3n) is 4.84. The van der Waals surface area contributed by atoms with Gasteiger partial charge >= 0.3 is 0 Å². The minimum atomic E-state index is 0.631. The third kappa shape index (κ3) is 3.19. The van der Waals surface area contributed by atoms with E-state index in [0.29, 0.717) is 5.92 Å². The van der Waals surface area contributed by atoms with Crippen molar-refractivity contribution in [3.8, 4) is 0 Å². The molecule has 1 nitrogen and oxygen atoms in total. The molecule has 0 saturated heterocycles. The van der Waals surface area contributed by atoms with Crippen molar-refractivity contribution in [2.24, 2.45) is 5.92 Å². The second-order valence-corrected chi connectivity index (χ2v) is 6.55. The fraction of sp³-hybridized carbons (Fsp3) is 0.429. The third-order valence-corrected chi connectivity index (χ3v) is 4.84. The standard InChI is InChI=1S/C21H27N/c1-3-4-5-10-16(2)17-11-6-8-14-21-19(15-17)18-12-7-9-13-20(18)22-21/h6,8-9,11,13-16,22H,3-5,7,10,12H2,1-2H3/b8-6?,11-6-,14-8+,17-11?,17-15+,19-15?,21-14?/t16-/m1/s1. The van der Waals surface area contributed by atoms with E-state index in [1.165, 1.54) is 53.8 Å². The van der Waals surface area contributed by atoms with E-state index in [1.807, 2.05) is 0 Å². The first-order valence-corrected chi connectivity index (χ1v) is 8.77. The van der Waals surface area contributed by atoms with Gasteiger partial charge in [-0.3, -0.25) is 0 Å². The van der Waals surface area contributed by atoms with Gasteiger partial charge in [0.25, 0.3) is 0 Å². The Labute approximate surface area is 134 Å². The van der Waals surface area contributed by atoms with Gasteiger partial charge in [0.1, 0.15) is 0 Å². The van der Waals surface area contributed by atoms with Gasteiger partial charge in [-0.2, -0.15) is 0 Å². The first-order valence-electron chi connectivity index (χ1n) is 8.77. The molecule has 0 radical (unpaired) electrons. The molecule has 1 heterocycles. The van der Waals surface area contributed by atoms with Gasteiger partial charge in [-0.15, -0.1) is 0 Å². The van der Waals surface area contributed by atoms with Crippen molar-refractivity contribution < 1.29 is 0 Å². The van der Waals surface area contributed by atoms with Crippen molar-refractivity contribution in [3.05, 3.63) is 52.4 Å². The molecule has 0 bridgehead atoms. The molecule has 0 spiro atoms. The Kier molecular flexibility index (Phi) is 4.82. The van der Waals surface area contributed by atoms with Gasteiger partial charge in [-0.1, -0.05) is 57.4 Å². The number of nitrogens with one attached hydrogen (secondary N) is 1. The highest BCUT2D eigenvalue weighted by Gasteiger charge is 2.17. The summed E-state index contributed by atoms with van der Waals surface area (Å²) in [5.41, 5.74) is 6.95. The monoisotopic (exact) mass is 293 g/mol. The summed E-state index contributed by atoms with van der Waals surface area (Å²) >= 11 is 0. The maximum absolute atomic E-state index is 3.58. The number of aromatic nitrogens is 1. The van der Waals surface area contributed by atoms with Crippen LogP contribution in [0, 0.1) is 5.92 Å². The highest BCUT2D eigenvalue weighted by Crippen LogP contribution is 2.32. The molecule has 22 heavy (non-hydrogen) atoms. The molecule has 0 saturated carbocycles. The Morgan fingerprint density at radius 1 is 1.09 bits per heavy atom. The van der Waals surface area contributed by atoms with Crippen LogP contribution < -0.4 is 0 Å². The zero-order valence-corrected chi connectivity index (χ0v) is 13.9. The summed E-state index contributed by atoms with van der Waals surface area (Å²) in [5, 5.41) is 0. The average Bonchev–Trinajstić information content (AvgIpc) is 2.84. The summed E-state index contributed by atoms with van der Waals surface area (Å²) < 4.78 is 0. The van der Waals surface area contributed by atoms with Crippen LogP contribution in [0.5, 0.6) is 0 Å². The Hall–Kier alpha value is -1.76. The first kappa shape index (κ1) is 15.1. The molecule has 2 aliphatic rings. The molecule has 0 fully saturated rings. The lowest BCUT2D eigenvalue weighted by Gasteiger charge is -2.15. The zero-order chi connectivity index (χ0) is 15.4. The summed E-state index contributed by atoms with van der Waals surface area (Å²) in [5.74, 6) is 0.631. The molecule has 1 aromatic heterocycles. The Bertz CT molecular complexity index is 637. The molecule has 3 rings (SSSR count). The normalized spacial score (nSPS) is 22.7. The predicted octanol–water partition coefficient (Wildman–Crippen LogP) is 6.16. The lowest BCUT2D eigenvalue weighted by Crippen LogP contribution is -2.00. The SMILES string of the molecule is CCCCC[C@@H](C)C1=C/c2c([nH]c3c2CCC=C3)/C=C/C=C\1. The van der Waals surface area contributed by atoms with Crippen LogP contribution in [0.1, 0.15) is 68.5 Å². The quantitative estimate of drug-likeness (QED) is 0.626. The highest BCUT2D eigenvalue weighted by molar-refractivity contribution is 5.75. The fourth-order valence-electron chi connectivity index (χ4n) is 3.44. The van der Waals surface area contributed by atoms with Crippen molar-refractivity contribution in [3.63, 3.8) is 0 Å². The summed E-state index contributed by atoms with van der Waals surface area (Å²) in [6.45, 7) is 4.65. The Morgan fingerprint density at radius 3 is 2.82 bits per heavy atom. The molecule has 1 atom stereocenters. The van der Waals surface area contributed by atoms with E-state index in [0.717, 1.165) is 12.8 Å². The van der Waals surface area contributed by atoms with Gasteiger partial charge in [-0.25, -0.2) is 0 Å². The smallest absolute Gasteiger partial charge is 0.0461 e. The van der Waals surface area contributed by atoms with E-state index in [-0.39, 0.29) is 0 Å². The van der Waals surface area contributed by atoms with Crippen molar-refractivity contribution in [1.82, 2.24) is 4.98 Å². The maximum Gasteiger partial charge on any atom is 0.0461 e. The lowest BCUT2D eigenvalue weighted by atomic mass is 9.90. The first-order chi connectivity index (χ1) is 10.8. The van der Waals surface area contributed by atoms with Crippen LogP contribution in [0.3, 0.4) is 0 Å². The summed E-state index contributed by atoms with van der Waals surface area (Å²) in [6.07, 6.45) is 23.4. The molecule has 0 aliphatic heterocycles. The van der Waals surface area contributed by atoms with E-state index in [4.69, 9.17) is 0 Å². The number of hydrogen-bond donors (Lipinski definition) is 1. The van der Waals surface area contributed by atoms with Crippen molar-refractivity contribution in [2.45, 2.75) is 52.4 Å². The summed E-state index contributed by atoms with van der Waals surface area (Å²) in [4.78, 5) is 3.58. The molecular weight excluding hydrogens is 266 g/mol. The molecule has 1 aromatic rings. The van der Waals surface area contributed by atoms with Crippen LogP contribution in [0.25, 0.3) is 18.2 Å². The minimum Gasteiger partial charge on any atom is -0.355 e. The van der Waals surface area contributed by atoms with E-state index in [9.17, 15) is 0 Å². The van der Waals surface area contributed by atoms with Crippen LogP contribution in [-0.4, -0.2) is 4.98 Å². The van der Waals surface area contributed by atoms with Gasteiger partial charge in [0, 0.05) is 17.0 Å². The van der Waals surface area contributed by atoms with Gasteiger partial charge in [0.2, 0.25) is 0 Å². The fourth-order valence-corrected chi connectivity index (χ4v) is 3.44. The molecular formula is C21H27N. The Balaban J connectivity index is 1.91. The van der Waals surface area contributed by atoms with Gasteiger partial charge in [0.15, 0.2) is 0 Å². The van der Waals surface area contributed by atoms with Gasteiger partial charge in [0.05, 0.1) is 0 Å². The van der Waals surface area contributed by atoms with Gasteiger partial charge in [-0.05, 0) is 54.5 Å². The molecule has 2 aliphatic carbocycles. The number of aromatic amines is 1.